The van der Waals surface area contributed by atoms with Crippen LogP contribution in [0.2, 0.25) is 0 Å². The SMILES string of the molecule is CN=C(NCc1nnc2n1CCC2)N1CCS(=O)(=O)C(C)(C)C1.I. The highest BCUT2D eigenvalue weighted by Gasteiger charge is 2.41. The Kier molecular flexibility index (Phi) is 5.78. The van der Waals surface area contributed by atoms with Gasteiger partial charge in [0.25, 0.3) is 0 Å². The van der Waals surface area contributed by atoms with Crippen molar-refractivity contribution in [2.24, 2.45) is 4.99 Å². The Morgan fingerprint density at radius 3 is 2.75 bits per heavy atom. The molecule has 0 radical (unpaired) electrons. The number of aromatic nitrogens is 3. The van der Waals surface area contributed by atoms with Gasteiger partial charge in [0.15, 0.2) is 21.6 Å². The minimum absolute atomic E-state index is 0. The molecule has 0 bridgehead atoms. The van der Waals surface area contributed by atoms with Gasteiger partial charge >= 0.3 is 0 Å². The van der Waals surface area contributed by atoms with Crippen LogP contribution in [0.15, 0.2) is 4.99 Å². The number of guanidine groups is 1. The van der Waals surface area contributed by atoms with Crippen LogP contribution in [0, 0.1) is 0 Å². The zero-order valence-corrected chi connectivity index (χ0v) is 17.5. The number of aliphatic imine (C=N–C) groups is 1. The summed E-state index contributed by atoms with van der Waals surface area (Å²) in [7, 11) is -1.34. The van der Waals surface area contributed by atoms with E-state index in [0.717, 1.165) is 31.0 Å². The topological polar surface area (TPSA) is 92.5 Å². The number of fused-ring (bicyclic) bond motifs is 1. The molecule has 3 rings (SSSR count). The fraction of sp³-hybridized carbons (Fsp3) is 0.786. The Morgan fingerprint density at radius 2 is 2.08 bits per heavy atom. The molecular formula is C14H25IN6O2S. The van der Waals surface area contributed by atoms with Crippen molar-refractivity contribution in [3.8, 4) is 0 Å². The fourth-order valence-corrected chi connectivity index (χ4v) is 4.52. The van der Waals surface area contributed by atoms with Gasteiger partial charge in [-0.25, -0.2) is 8.42 Å². The maximum absolute atomic E-state index is 12.1. The average Bonchev–Trinajstić information content (AvgIpc) is 3.07. The molecule has 1 aromatic rings. The van der Waals surface area contributed by atoms with E-state index in [0.29, 0.717) is 25.6 Å². The summed E-state index contributed by atoms with van der Waals surface area (Å²) in [5.74, 6) is 2.81. The lowest BCUT2D eigenvalue weighted by Crippen LogP contribution is -2.57. The second-order valence-corrected chi connectivity index (χ2v) is 9.43. The zero-order chi connectivity index (χ0) is 16.7. The van der Waals surface area contributed by atoms with Gasteiger partial charge in [0.05, 0.1) is 17.0 Å². The van der Waals surface area contributed by atoms with Gasteiger partial charge in [0.1, 0.15) is 5.82 Å². The third-order valence-corrected chi connectivity index (χ3v) is 7.18. The van der Waals surface area contributed by atoms with E-state index < -0.39 is 14.6 Å². The van der Waals surface area contributed by atoms with Gasteiger partial charge in [-0.1, -0.05) is 0 Å². The summed E-state index contributed by atoms with van der Waals surface area (Å²) in [6, 6.07) is 0. The summed E-state index contributed by atoms with van der Waals surface area (Å²) in [5, 5.41) is 11.7. The first kappa shape index (κ1) is 19.4. The standard InChI is InChI=1S/C14H24N6O2S.HI/c1-14(2)10-19(7-8-23(14,21)22)13(15-3)16-9-12-18-17-11-5-4-6-20(11)12;/h4-10H2,1-3H3,(H,15,16);1H. The minimum atomic E-state index is -3.05. The van der Waals surface area contributed by atoms with E-state index in [9.17, 15) is 8.42 Å². The van der Waals surface area contributed by atoms with Crippen LogP contribution in [0.3, 0.4) is 0 Å². The van der Waals surface area contributed by atoms with Crippen molar-refractivity contribution in [2.45, 2.75) is 44.5 Å². The molecule has 2 aliphatic heterocycles. The number of halogens is 1. The summed E-state index contributed by atoms with van der Waals surface area (Å²) in [5.41, 5.74) is 0. The molecule has 136 valence electrons. The van der Waals surface area contributed by atoms with Gasteiger partial charge in [-0.2, -0.15) is 0 Å². The monoisotopic (exact) mass is 468 g/mol. The molecule has 1 N–H and O–H groups in total. The Hall–Kier alpha value is -0.910. The van der Waals surface area contributed by atoms with Crippen LogP contribution in [-0.4, -0.2) is 64.7 Å². The van der Waals surface area contributed by atoms with Crippen LogP contribution in [0.1, 0.15) is 31.9 Å². The number of nitrogens with zero attached hydrogens (tertiary/aromatic N) is 5. The predicted molar refractivity (Wildman–Crippen MR) is 103 cm³/mol. The average molecular weight is 468 g/mol. The van der Waals surface area contributed by atoms with Gasteiger partial charge in [-0.3, -0.25) is 4.99 Å². The summed E-state index contributed by atoms with van der Waals surface area (Å²) in [4.78, 5) is 6.30. The van der Waals surface area contributed by atoms with Crippen LogP contribution in [0.4, 0.5) is 0 Å². The molecule has 10 heteroatoms. The Balaban J connectivity index is 0.00000208. The van der Waals surface area contributed by atoms with Crippen LogP contribution in [0.5, 0.6) is 0 Å². The highest BCUT2D eigenvalue weighted by Crippen LogP contribution is 2.23. The number of nitrogens with one attached hydrogen (secondary N) is 1. The largest absolute Gasteiger partial charge is 0.349 e. The highest BCUT2D eigenvalue weighted by atomic mass is 127. The molecular weight excluding hydrogens is 443 g/mol. The number of aryl methyl sites for hydroxylation is 1. The van der Waals surface area contributed by atoms with E-state index >= 15 is 0 Å². The molecule has 0 unspecified atom stereocenters. The van der Waals surface area contributed by atoms with E-state index in [1.165, 1.54) is 0 Å². The first-order valence-electron chi connectivity index (χ1n) is 7.93. The molecule has 0 saturated carbocycles. The van der Waals surface area contributed by atoms with Crippen LogP contribution in [0.25, 0.3) is 0 Å². The van der Waals surface area contributed by atoms with Gasteiger partial charge in [0, 0.05) is 33.1 Å². The van der Waals surface area contributed by atoms with Crippen molar-refractivity contribution in [2.75, 3.05) is 25.9 Å². The lowest BCUT2D eigenvalue weighted by Gasteiger charge is -2.39. The molecule has 0 aliphatic carbocycles. The van der Waals surface area contributed by atoms with E-state index in [1.807, 2.05) is 4.90 Å². The maximum atomic E-state index is 12.1. The van der Waals surface area contributed by atoms with Gasteiger partial charge in [0.2, 0.25) is 0 Å². The van der Waals surface area contributed by atoms with Crippen LogP contribution < -0.4 is 5.32 Å². The summed E-state index contributed by atoms with van der Waals surface area (Å²) in [6.07, 6.45) is 2.10. The summed E-state index contributed by atoms with van der Waals surface area (Å²) < 4.78 is 25.6. The normalized spacial score (nSPS) is 22.0. The Bertz CT molecular complexity index is 728. The summed E-state index contributed by atoms with van der Waals surface area (Å²) >= 11 is 0. The van der Waals surface area contributed by atoms with Crippen molar-refractivity contribution in [3.63, 3.8) is 0 Å². The minimum Gasteiger partial charge on any atom is -0.349 e. The first-order valence-corrected chi connectivity index (χ1v) is 9.58. The molecule has 1 aromatic heterocycles. The molecule has 0 amide bonds. The predicted octanol–water partition coefficient (Wildman–Crippen LogP) is 0.427. The third-order valence-electron chi connectivity index (χ3n) is 4.65. The lowest BCUT2D eigenvalue weighted by atomic mass is 10.2. The van der Waals surface area contributed by atoms with Crippen LogP contribution >= 0.6 is 24.0 Å². The quantitative estimate of drug-likeness (QED) is 0.385. The highest BCUT2D eigenvalue weighted by molar-refractivity contribution is 14.0. The smallest absolute Gasteiger partial charge is 0.194 e. The molecule has 0 atom stereocenters. The van der Waals surface area contributed by atoms with Crippen molar-refractivity contribution >= 4 is 39.8 Å². The Morgan fingerprint density at radius 1 is 1.33 bits per heavy atom. The van der Waals surface area contributed by atoms with E-state index in [1.54, 1.807) is 20.9 Å². The summed E-state index contributed by atoms with van der Waals surface area (Å²) in [6.45, 7) is 5.95. The third kappa shape index (κ3) is 3.53. The van der Waals surface area contributed by atoms with Crippen molar-refractivity contribution in [3.05, 3.63) is 11.6 Å². The first-order chi connectivity index (χ1) is 10.8. The second-order valence-electron chi connectivity index (χ2n) is 6.69. The number of sulfone groups is 1. The molecule has 8 nitrogen and oxygen atoms in total. The molecule has 3 heterocycles. The van der Waals surface area contributed by atoms with Crippen molar-refractivity contribution < 1.29 is 8.42 Å². The lowest BCUT2D eigenvalue weighted by molar-refractivity contribution is 0.352. The zero-order valence-electron chi connectivity index (χ0n) is 14.3. The van der Waals surface area contributed by atoms with E-state index in [4.69, 9.17) is 0 Å². The van der Waals surface area contributed by atoms with Crippen molar-refractivity contribution in [1.82, 2.24) is 25.0 Å². The molecule has 1 saturated heterocycles. The number of hydrogen-bond acceptors (Lipinski definition) is 5. The van der Waals surface area contributed by atoms with Gasteiger partial charge in [-0.05, 0) is 20.3 Å². The molecule has 0 spiro atoms. The van der Waals surface area contributed by atoms with E-state index in [-0.39, 0.29) is 29.7 Å². The molecule has 2 aliphatic rings. The molecule has 1 fully saturated rings. The maximum Gasteiger partial charge on any atom is 0.194 e. The molecule has 24 heavy (non-hydrogen) atoms. The second kappa shape index (κ2) is 7.14. The van der Waals surface area contributed by atoms with E-state index in [2.05, 4.69) is 25.1 Å². The Labute approximate surface area is 160 Å². The molecule has 0 aromatic carbocycles. The number of rotatable bonds is 2. The van der Waals surface area contributed by atoms with Gasteiger partial charge in [-0.15, -0.1) is 34.2 Å². The van der Waals surface area contributed by atoms with Gasteiger partial charge < -0.3 is 14.8 Å². The van der Waals surface area contributed by atoms with Crippen LogP contribution in [-0.2, 0) is 29.3 Å². The fourth-order valence-electron chi connectivity index (χ4n) is 3.16. The number of hydrogen-bond donors (Lipinski definition) is 1. The van der Waals surface area contributed by atoms with Crippen molar-refractivity contribution in [1.29, 1.82) is 0 Å².